The molecule has 28 heavy (non-hydrogen) atoms. The lowest BCUT2D eigenvalue weighted by molar-refractivity contribution is -0.138. The first-order valence-electron chi connectivity index (χ1n) is 8.11. The molecule has 0 unspecified atom stereocenters. The number of aliphatic carboxylic acids is 1. The maximum Gasteiger partial charge on any atom is 0.326 e. The Morgan fingerprint density at radius 2 is 2.04 bits per heavy atom. The first-order chi connectivity index (χ1) is 13.3. The lowest BCUT2D eigenvalue weighted by Gasteiger charge is -2.08. The minimum Gasteiger partial charge on any atom is -0.492 e. The molecule has 1 aromatic heterocycles. The van der Waals surface area contributed by atoms with E-state index in [1.165, 1.54) is 18.2 Å². The van der Waals surface area contributed by atoms with Crippen LogP contribution < -0.4 is 21.1 Å². The van der Waals surface area contributed by atoms with Gasteiger partial charge in [-0.15, -0.1) is 5.10 Å². The third-order valence-corrected chi connectivity index (χ3v) is 3.87. The Morgan fingerprint density at radius 3 is 2.75 bits per heavy atom. The van der Waals surface area contributed by atoms with Crippen molar-refractivity contribution in [1.29, 1.82) is 0 Å². The van der Waals surface area contributed by atoms with Crippen molar-refractivity contribution in [3.8, 4) is 11.6 Å². The third-order valence-electron chi connectivity index (χ3n) is 3.21. The quantitative estimate of drug-likeness (QED) is 0.150. The van der Waals surface area contributed by atoms with Gasteiger partial charge in [0.15, 0.2) is 12.4 Å². The van der Waals surface area contributed by atoms with E-state index < -0.39 is 12.5 Å². The number of unbranched alkanes of at least 4 members (excludes halogenated alkanes) is 1. The van der Waals surface area contributed by atoms with Crippen LogP contribution in [0.1, 0.15) is 18.6 Å². The first kappa shape index (κ1) is 21.4. The van der Waals surface area contributed by atoms with E-state index in [0.717, 1.165) is 0 Å². The molecule has 0 aliphatic carbocycles. The number of carboxylic acid groups (broad SMARTS) is 1. The summed E-state index contributed by atoms with van der Waals surface area (Å²) in [6.45, 7) is 0.218. The normalized spacial score (nSPS) is 11.3. The molecule has 0 spiro atoms. The fraction of sp³-hybridized carbons (Fsp3) is 0.312. The fourth-order valence-corrected chi connectivity index (χ4v) is 2.32. The number of hydrogen-bond donors (Lipinski definition) is 3. The topological polar surface area (TPSA) is 149 Å². The largest absolute Gasteiger partial charge is 0.492 e. The van der Waals surface area contributed by atoms with Gasteiger partial charge in [-0.1, -0.05) is 0 Å². The van der Waals surface area contributed by atoms with E-state index in [1.54, 1.807) is 6.07 Å². The minimum atomic E-state index is -1.16. The molecular formula is C16H19BrFN5O5. The Bertz CT molecular complexity index is 832. The number of hydrazine groups is 1. The Labute approximate surface area is 167 Å². The SMILES string of the molecule is N/C(=N\N(N)CC(=O)O)c1cc(OCCCCOc2cc(F)ccc2Br)no1. The molecule has 0 aliphatic rings. The van der Waals surface area contributed by atoms with Gasteiger partial charge in [-0.2, -0.15) is 0 Å². The molecule has 0 fully saturated rings. The highest BCUT2D eigenvalue weighted by molar-refractivity contribution is 9.10. The summed E-state index contributed by atoms with van der Waals surface area (Å²) in [6, 6.07) is 5.64. The molecule has 1 heterocycles. The van der Waals surface area contributed by atoms with Crippen LogP contribution in [0.4, 0.5) is 4.39 Å². The van der Waals surface area contributed by atoms with Crippen molar-refractivity contribution < 1.29 is 28.3 Å². The number of ether oxygens (including phenoxy) is 2. The molecule has 0 saturated carbocycles. The second kappa shape index (κ2) is 10.5. The molecule has 0 radical (unpaired) electrons. The van der Waals surface area contributed by atoms with Gasteiger partial charge >= 0.3 is 5.97 Å². The summed E-state index contributed by atoms with van der Waals surface area (Å²) in [5, 5.41) is 16.6. The van der Waals surface area contributed by atoms with Gasteiger partial charge in [-0.3, -0.25) is 4.79 Å². The molecule has 0 saturated heterocycles. The summed E-state index contributed by atoms with van der Waals surface area (Å²) in [6.07, 6.45) is 1.34. The number of nitrogens with two attached hydrogens (primary N) is 2. The van der Waals surface area contributed by atoms with Crippen molar-refractivity contribution >= 4 is 27.7 Å². The van der Waals surface area contributed by atoms with Gasteiger partial charge in [-0.25, -0.2) is 15.4 Å². The zero-order valence-electron chi connectivity index (χ0n) is 14.7. The summed E-state index contributed by atoms with van der Waals surface area (Å²) in [4.78, 5) is 10.5. The Kier molecular flexibility index (Phi) is 8.02. The van der Waals surface area contributed by atoms with Gasteiger partial charge in [0.1, 0.15) is 11.6 Å². The van der Waals surface area contributed by atoms with Crippen molar-refractivity contribution in [1.82, 2.24) is 10.3 Å². The van der Waals surface area contributed by atoms with Crippen LogP contribution >= 0.6 is 15.9 Å². The molecule has 10 nitrogen and oxygen atoms in total. The number of amidine groups is 1. The second-order valence-electron chi connectivity index (χ2n) is 5.48. The minimum absolute atomic E-state index is 0.0927. The summed E-state index contributed by atoms with van der Waals surface area (Å²) in [5.74, 6) is 4.43. The lowest BCUT2D eigenvalue weighted by Crippen LogP contribution is -2.33. The van der Waals surface area contributed by atoms with Crippen LogP contribution in [0.3, 0.4) is 0 Å². The maximum absolute atomic E-state index is 13.2. The van der Waals surface area contributed by atoms with Crippen LogP contribution in [0, 0.1) is 5.82 Å². The maximum atomic E-state index is 13.2. The standard InChI is InChI=1S/C16H19BrFN5O5/c17-11-4-3-10(18)7-12(11)26-5-1-2-6-27-14-8-13(28-22-14)16(19)21-23(20)9-15(24)25/h3-4,7-8H,1-2,5-6,9,20H2,(H2,19,21)(H,24,25). The molecule has 2 rings (SSSR count). The highest BCUT2D eigenvalue weighted by Crippen LogP contribution is 2.25. The number of hydrazone groups is 1. The van der Waals surface area contributed by atoms with E-state index in [-0.39, 0.29) is 23.3 Å². The average molecular weight is 460 g/mol. The smallest absolute Gasteiger partial charge is 0.326 e. The third kappa shape index (κ3) is 7.04. The van der Waals surface area contributed by atoms with Crippen molar-refractivity contribution in [3.05, 3.63) is 40.3 Å². The van der Waals surface area contributed by atoms with Crippen LogP contribution in [0.5, 0.6) is 11.6 Å². The van der Waals surface area contributed by atoms with Crippen LogP contribution in [0.25, 0.3) is 0 Å². The monoisotopic (exact) mass is 459 g/mol. The van der Waals surface area contributed by atoms with Gasteiger partial charge in [0.05, 0.1) is 23.8 Å². The first-order valence-corrected chi connectivity index (χ1v) is 8.90. The number of carboxylic acids is 1. The number of halogens is 2. The van der Waals surface area contributed by atoms with Crippen molar-refractivity contribution in [2.45, 2.75) is 12.8 Å². The summed E-state index contributed by atoms with van der Waals surface area (Å²) in [7, 11) is 0. The van der Waals surface area contributed by atoms with Gasteiger partial charge in [-0.05, 0) is 46.1 Å². The van der Waals surface area contributed by atoms with Gasteiger partial charge < -0.3 is 24.8 Å². The molecule has 2 aromatic rings. The molecule has 0 amide bonds. The summed E-state index contributed by atoms with van der Waals surface area (Å²) >= 11 is 3.29. The molecule has 0 atom stereocenters. The molecule has 5 N–H and O–H groups in total. The number of carbonyl (C=O) groups is 1. The second-order valence-corrected chi connectivity index (χ2v) is 6.34. The molecular weight excluding hydrogens is 441 g/mol. The van der Waals surface area contributed by atoms with E-state index in [9.17, 15) is 9.18 Å². The Hall–Kier alpha value is -2.86. The number of benzene rings is 1. The molecule has 0 bridgehead atoms. The van der Waals surface area contributed by atoms with Gasteiger partial charge in [0, 0.05) is 6.07 Å². The van der Waals surface area contributed by atoms with E-state index in [2.05, 4.69) is 26.2 Å². The number of rotatable bonds is 11. The summed E-state index contributed by atoms with van der Waals surface area (Å²) < 4.78 is 29.7. The van der Waals surface area contributed by atoms with E-state index in [4.69, 9.17) is 30.7 Å². The lowest BCUT2D eigenvalue weighted by atomic mass is 10.3. The zero-order valence-corrected chi connectivity index (χ0v) is 16.3. The highest BCUT2D eigenvalue weighted by Gasteiger charge is 2.11. The van der Waals surface area contributed by atoms with Gasteiger partial charge in [0.2, 0.25) is 5.76 Å². The molecule has 12 heteroatoms. The average Bonchev–Trinajstić information content (AvgIpc) is 3.09. The zero-order chi connectivity index (χ0) is 20.5. The number of nitrogens with zero attached hydrogens (tertiary/aromatic N) is 3. The van der Waals surface area contributed by atoms with Crippen molar-refractivity contribution in [2.24, 2.45) is 16.7 Å². The predicted molar refractivity (Wildman–Crippen MR) is 100 cm³/mol. The predicted octanol–water partition coefficient (Wildman–Crippen LogP) is 1.69. The van der Waals surface area contributed by atoms with Crippen LogP contribution in [-0.4, -0.2) is 46.9 Å². The van der Waals surface area contributed by atoms with Crippen molar-refractivity contribution in [3.63, 3.8) is 0 Å². The van der Waals surface area contributed by atoms with Crippen LogP contribution in [0.15, 0.2) is 38.4 Å². The number of aromatic nitrogens is 1. The van der Waals surface area contributed by atoms with E-state index in [1.807, 2.05) is 0 Å². The molecule has 0 aliphatic heterocycles. The van der Waals surface area contributed by atoms with Crippen LogP contribution in [0.2, 0.25) is 0 Å². The Morgan fingerprint density at radius 1 is 1.32 bits per heavy atom. The molecule has 152 valence electrons. The molecule has 1 aromatic carbocycles. The number of hydrogen-bond acceptors (Lipinski definition) is 8. The summed E-state index contributed by atoms with van der Waals surface area (Å²) in [5.41, 5.74) is 5.66. The highest BCUT2D eigenvalue weighted by atomic mass is 79.9. The van der Waals surface area contributed by atoms with E-state index in [0.29, 0.717) is 41.4 Å². The van der Waals surface area contributed by atoms with Crippen molar-refractivity contribution in [2.75, 3.05) is 19.8 Å². The van der Waals surface area contributed by atoms with Gasteiger partial charge in [0.25, 0.3) is 5.88 Å². The van der Waals surface area contributed by atoms with E-state index >= 15 is 0 Å². The fourth-order valence-electron chi connectivity index (χ4n) is 1.96. The Balaban J connectivity index is 1.70. The van der Waals surface area contributed by atoms with Crippen LogP contribution in [-0.2, 0) is 4.79 Å².